The van der Waals surface area contributed by atoms with E-state index in [-0.39, 0.29) is 0 Å². The molecule has 0 fully saturated rings. The summed E-state index contributed by atoms with van der Waals surface area (Å²) < 4.78 is 5.12. The fraction of sp³-hybridized carbons (Fsp3) is 0.438. The molecule has 0 saturated heterocycles. The lowest BCUT2D eigenvalue weighted by molar-refractivity contribution is 0.397. The topological polar surface area (TPSA) is 71.4 Å². The molecule has 0 unspecified atom stereocenters. The van der Waals surface area contributed by atoms with Crippen LogP contribution < -0.4 is 15.4 Å². The maximum absolute atomic E-state index is 5.12. The van der Waals surface area contributed by atoms with Crippen molar-refractivity contribution in [2.24, 2.45) is 4.99 Å². The summed E-state index contributed by atoms with van der Waals surface area (Å²) >= 11 is 1.76. The summed E-state index contributed by atoms with van der Waals surface area (Å²) in [5.74, 6) is 1.38. The molecule has 0 bridgehead atoms. The number of aryl methyl sites for hydroxylation is 2. The molecule has 0 aliphatic heterocycles. The number of pyridine rings is 1. The number of aliphatic imine (C=N–C) groups is 1. The second-order valence-electron chi connectivity index (χ2n) is 5.06. The lowest BCUT2D eigenvalue weighted by atomic mass is 10.2. The zero-order chi connectivity index (χ0) is 16.7. The number of aromatic nitrogens is 2. The first kappa shape index (κ1) is 17.2. The van der Waals surface area contributed by atoms with Gasteiger partial charge in [-0.25, -0.2) is 9.97 Å². The third kappa shape index (κ3) is 5.21. The van der Waals surface area contributed by atoms with Crippen LogP contribution in [0.25, 0.3) is 0 Å². The summed E-state index contributed by atoms with van der Waals surface area (Å²) in [4.78, 5) is 14.2. The van der Waals surface area contributed by atoms with Gasteiger partial charge < -0.3 is 15.4 Å². The van der Waals surface area contributed by atoms with Crippen LogP contribution in [0.5, 0.6) is 5.88 Å². The first-order chi connectivity index (χ1) is 11.1. The van der Waals surface area contributed by atoms with E-state index in [0.717, 1.165) is 35.2 Å². The van der Waals surface area contributed by atoms with Crippen molar-refractivity contribution in [1.29, 1.82) is 0 Å². The largest absolute Gasteiger partial charge is 0.481 e. The molecule has 0 spiro atoms. The lowest BCUT2D eigenvalue weighted by Gasteiger charge is -2.11. The van der Waals surface area contributed by atoms with Crippen LogP contribution in [0.1, 0.15) is 21.1 Å². The van der Waals surface area contributed by atoms with Crippen molar-refractivity contribution >= 4 is 17.3 Å². The van der Waals surface area contributed by atoms with E-state index in [1.54, 1.807) is 31.7 Å². The third-order valence-corrected chi connectivity index (χ3v) is 4.53. The van der Waals surface area contributed by atoms with Crippen molar-refractivity contribution in [3.63, 3.8) is 0 Å². The number of nitrogens with one attached hydrogen (secondary N) is 2. The van der Waals surface area contributed by atoms with Gasteiger partial charge in [-0.05, 0) is 25.5 Å². The van der Waals surface area contributed by atoms with Crippen molar-refractivity contribution in [3.8, 4) is 5.88 Å². The third-order valence-electron chi connectivity index (χ3n) is 3.40. The number of hydrogen-bond acceptors (Lipinski definition) is 5. The van der Waals surface area contributed by atoms with Gasteiger partial charge in [-0.1, -0.05) is 0 Å². The summed E-state index contributed by atoms with van der Waals surface area (Å²) in [6, 6.07) is 3.85. The molecule has 2 heterocycles. The van der Waals surface area contributed by atoms with E-state index in [1.807, 2.05) is 19.1 Å². The van der Waals surface area contributed by atoms with Gasteiger partial charge in [0.25, 0.3) is 0 Å². The zero-order valence-corrected chi connectivity index (χ0v) is 14.8. The number of guanidine groups is 1. The monoisotopic (exact) mass is 333 g/mol. The SMILES string of the molecule is CN=C(NCCc1nc(C)c(C)s1)NCc1ccnc(OC)c1. The Bertz CT molecular complexity index is 649. The first-order valence-corrected chi connectivity index (χ1v) is 8.30. The van der Waals surface area contributed by atoms with Gasteiger partial charge in [0.15, 0.2) is 5.96 Å². The number of thiazole rings is 1. The molecule has 124 valence electrons. The van der Waals surface area contributed by atoms with Crippen LogP contribution in [0.2, 0.25) is 0 Å². The zero-order valence-electron chi connectivity index (χ0n) is 14.0. The summed E-state index contributed by atoms with van der Waals surface area (Å²) in [5, 5.41) is 7.74. The van der Waals surface area contributed by atoms with Crippen LogP contribution in [0, 0.1) is 13.8 Å². The Morgan fingerprint density at radius 2 is 2.17 bits per heavy atom. The average Bonchev–Trinajstić information content (AvgIpc) is 2.89. The smallest absolute Gasteiger partial charge is 0.213 e. The maximum atomic E-state index is 5.12. The second-order valence-corrected chi connectivity index (χ2v) is 6.35. The van der Waals surface area contributed by atoms with Gasteiger partial charge in [-0.2, -0.15) is 0 Å². The van der Waals surface area contributed by atoms with E-state index >= 15 is 0 Å². The Kier molecular flexibility index (Phi) is 6.34. The summed E-state index contributed by atoms with van der Waals surface area (Å²) in [5.41, 5.74) is 2.21. The highest BCUT2D eigenvalue weighted by atomic mass is 32.1. The molecule has 2 aromatic rings. The molecule has 2 N–H and O–H groups in total. The molecule has 0 aromatic carbocycles. The van der Waals surface area contributed by atoms with E-state index in [4.69, 9.17) is 4.74 Å². The van der Waals surface area contributed by atoms with Gasteiger partial charge in [-0.3, -0.25) is 4.99 Å². The van der Waals surface area contributed by atoms with Crippen LogP contribution in [0.4, 0.5) is 0 Å². The summed E-state index contributed by atoms with van der Waals surface area (Å²) in [6.07, 6.45) is 2.63. The summed E-state index contributed by atoms with van der Waals surface area (Å²) in [7, 11) is 3.38. The quantitative estimate of drug-likeness (QED) is 0.625. The van der Waals surface area contributed by atoms with Crippen LogP contribution in [0.3, 0.4) is 0 Å². The molecule has 0 atom stereocenters. The predicted octanol–water partition coefficient (Wildman–Crippen LogP) is 2.07. The molecule has 0 aliphatic rings. The van der Waals surface area contributed by atoms with Gasteiger partial charge in [0, 0.05) is 43.7 Å². The normalized spacial score (nSPS) is 11.4. The van der Waals surface area contributed by atoms with Gasteiger partial charge in [-0.15, -0.1) is 11.3 Å². The van der Waals surface area contributed by atoms with Crippen molar-refractivity contribution in [2.45, 2.75) is 26.8 Å². The van der Waals surface area contributed by atoms with Gasteiger partial charge in [0.1, 0.15) is 0 Å². The molecule has 0 saturated carbocycles. The minimum atomic E-state index is 0.613. The van der Waals surface area contributed by atoms with Crippen molar-refractivity contribution in [2.75, 3.05) is 20.7 Å². The number of nitrogens with zero attached hydrogens (tertiary/aromatic N) is 3. The number of ether oxygens (including phenoxy) is 1. The number of methoxy groups -OCH3 is 1. The Morgan fingerprint density at radius 1 is 1.35 bits per heavy atom. The van der Waals surface area contributed by atoms with Gasteiger partial charge in [0.05, 0.1) is 17.8 Å². The van der Waals surface area contributed by atoms with E-state index in [9.17, 15) is 0 Å². The maximum Gasteiger partial charge on any atom is 0.213 e. The Hall–Kier alpha value is -2.15. The van der Waals surface area contributed by atoms with Gasteiger partial charge >= 0.3 is 0 Å². The standard InChI is InChI=1S/C16H23N5OS/c1-11-12(2)23-15(21-11)6-8-19-16(17-3)20-10-13-5-7-18-14(9-13)22-4/h5,7,9H,6,8,10H2,1-4H3,(H2,17,19,20). The van der Waals surface area contributed by atoms with Crippen LogP contribution in [-0.4, -0.2) is 36.6 Å². The van der Waals surface area contributed by atoms with E-state index in [0.29, 0.717) is 12.4 Å². The Morgan fingerprint density at radius 3 is 2.83 bits per heavy atom. The minimum absolute atomic E-state index is 0.613. The molecular formula is C16H23N5OS. The molecule has 7 heteroatoms. The van der Waals surface area contributed by atoms with Gasteiger partial charge in [0.2, 0.25) is 5.88 Å². The molecule has 23 heavy (non-hydrogen) atoms. The second kappa shape index (κ2) is 8.47. The lowest BCUT2D eigenvalue weighted by Crippen LogP contribution is -2.37. The number of rotatable bonds is 6. The molecule has 0 amide bonds. The molecular weight excluding hydrogens is 310 g/mol. The van der Waals surface area contributed by atoms with E-state index < -0.39 is 0 Å². The van der Waals surface area contributed by atoms with Crippen LogP contribution in [-0.2, 0) is 13.0 Å². The molecule has 2 aromatic heterocycles. The molecule has 0 aliphatic carbocycles. The summed E-state index contributed by atoms with van der Waals surface area (Å²) in [6.45, 7) is 5.61. The molecule has 2 rings (SSSR count). The van der Waals surface area contributed by atoms with Crippen molar-refractivity contribution in [1.82, 2.24) is 20.6 Å². The Labute approximate surface area is 141 Å². The van der Waals surface area contributed by atoms with Crippen LogP contribution in [0.15, 0.2) is 23.3 Å². The molecule has 0 radical (unpaired) electrons. The van der Waals surface area contributed by atoms with Crippen LogP contribution >= 0.6 is 11.3 Å². The fourth-order valence-corrected chi connectivity index (χ4v) is 2.95. The van der Waals surface area contributed by atoms with E-state index in [1.165, 1.54) is 4.88 Å². The molecule has 6 nitrogen and oxygen atoms in total. The Balaban J connectivity index is 1.79. The number of hydrogen-bond donors (Lipinski definition) is 2. The highest BCUT2D eigenvalue weighted by Crippen LogP contribution is 2.16. The van der Waals surface area contributed by atoms with E-state index in [2.05, 4.69) is 32.5 Å². The minimum Gasteiger partial charge on any atom is -0.481 e. The highest BCUT2D eigenvalue weighted by molar-refractivity contribution is 7.11. The fourth-order valence-electron chi connectivity index (χ4n) is 2.01. The predicted molar refractivity (Wildman–Crippen MR) is 94.3 cm³/mol. The average molecular weight is 333 g/mol. The highest BCUT2D eigenvalue weighted by Gasteiger charge is 2.04. The first-order valence-electron chi connectivity index (χ1n) is 7.48. The van der Waals surface area contributed by atoms with Crippen molar-refractivity contribution < 1.29 is 4.74 Å². The van der Waals surface area contributed by atoms with Crippen molar-refractivity contribution in [3.05, 3.63) is 39.5 Å².